The third-order valence-corrected chi connectivity index (χ3v) is 4.10. The maximum atomic E-state index is 13.3. The van der Waals surface area contributed by atoms with Crippen molar-refractivity contribution in [2.24, 2.45) is 5.73 Å². The zero-order valence-electron chi connectivity index (χ0n) is 12.3. The molecule has 114 valence electrons. The lowest BCUT2D eigenvalue weighted by atomic mass is 9.73. The first-order valence-corrected chi connectivity index (χ1v) is 6.92. The Kier molecular flexibility index (Phi) is 3.38. The Bertz CT molecular complexity index is 865. The van der Waals surface area contributed by atoms with Crippen LogP contribution in [0.25, 0.3) is 5.70 Å². The van der Waals surface area contributed by atoms with Gasteiger partial charge in [-0.1, -0.05) is 36.4 Å². The molecule has 2 aromatic rings. The summed E-state index contributed by atoms with van der Waals surface area (Å²) in [5.41, 5.74) is 6.66. The summed E-state index contributed by atoms with van der Waals surface area (Å²) in [4.78, 5) is 12.3. The Hall–Kier alpha value is -3.13. The Balaban J connectivity index is 2.39. The third kappa shape index (κ3) is 1.92. The number of fused-ring (bicyclic) bond motifs is 1. The number of carbonyl (C=O) groups excluding carboxylic acids is 1. The van der Waals surface area contributed by atoms with Gasteiger partial charge in [0.25, 0.3) is 0 Å². The largest absolute Gasteiger partial charge is 0.466 e. The average Bonchev–Trinajstić information content (AvgIpc) is 2.85. The minimum atomic E-state index is -1.42. The van der Waals surface area contributed by atoms with Crippen LogP contribution in [0.4, 0.5) is 4.39 Å². The molecule has 5 heteroatoms. The summed E-state index contributed by atoms with van der Waals surface area (Å²) < 4.78 is 18.1. The van der Waals surface area contributed by atoms with Gasteiger partial charge in [0.1, 0.15) is 11.2 Å². The molecule has 0 aliphatic heterocycles. The molecule has 0 saturated carbocycles. The minimum Gasteiger partial charge on any atom is -0.466 e. The first-order chi connectivity index (χ1) is 11.1. The van der Waals surface area contributed by atoms with Crippen molar-refractivity contribution >= 4 is 11.7 Å². The smallest absolute Gasteiger partial charge is 0.338 e. The summed E-state index contributed by atoms with van der Waals surface area (Å²) in [7, 11) is 1.23. The van der Waals surface area contributed by atoms with E-state index in [0.29, 0.717) is 16.7 Å². The lowest BCUT2D eigenvalue weighted by Crippen LogP contribution is -2.31. The van der Waals surface area contributed by atoms with E-state index in [2.05, 4.69) is 6.07 Å². The maximum absolute atomic E-state index is 13.3. The molecule has 4 nitrogen and oxygen atoms in total. The number of methoxy groups -OCH3 is 1. The van der Waals surface area contributed by atoms with Gasteiger partial charge in [0, 0.05) is 5.56 Å². The summed E-state index contributed by atoms with van der Waals surface area (Å²) in [5.74, 6) is -1.10. The van der Waals surface area contributed by atoms with Crippen molar-refractivity contribution in [1.82, 2.24) is 0 Å². The lowest BCUT2D eigenvalue weighted by Gasteiger charge is -2.25. The molecule has 23 heavy (non-hydrogen) atoms. The molecule has 2 N–H and O–H groups in total. The number of hydrogen-bond acceptors (Lipinski definition) is 4. The van der Waals surface area contributed by atoms with Gasteiger partial charge in [-0.2, -0.15) is 5.26 Å². The molecule has 0 saturated heterocycles. The van der Waals surface area contributed by atoms with Crippen molar-refractivity contribution in [1.29, 1.82) is 5.26 Å². The fraction of sp³-hybridized carbons (Fsp3) is 0.111. The Morgan fingerprint density at radius 2 is 1.87 bits per heavy atom. The first kappa shape index (κ1) is 14.8. The fourth-order valence-electron chi connectivity index (χ4n) is 3.06. The van der Waals surface area contributed by atoms with Crippen LogP contribution in [-0.2, 0) is 14.9 Å². The summed E-state index contributed by atoms with van der Waals surface area (Å²) in [6.07, 6.45) is 0. The Morgan fingerprint density at radius 1 is 1.22 bits per heavy atom. The molecule has 1 aliphatic rings. The van der Waals surface area contributed by atoms with E-state index in [9.17, 15) is 14.4 Å². The van der Waals surface area contributed by atoms with E-state index in [0.717, 1.165) is 0 Å². The zero-order valence-corrected chi connectivity index (χ0v) is 12.3. The minimum absolute atomic E-state index is 0.0651. The van der Waals surface area contributed by atoms with Crippen molar-refractivity contribution < 1.29 is 13.9 Å². The quantitative estimate of drug-likeness (QED) is 0.865. The summed E-state index contributed by atoms with van der Waals surface area (Å²) >= 11 is 0. The van der Waals surface area contributed by atoms with E-state index >= 15 is 0 Å². The van der Waals surface area contributed by atoms with Crippen LogP contribution >= 0.6 is 0 Å². The van der Waals surface area contributed by atoms with Gasteiger partial charge in [-0.3, -0.25) is 0 Å². The number of hydrogen-bond donors (Lipinski definition) is 1. The molecule has 0 fully saturated rings. The molecule has 0 amide bonds. The number of halogens is 1. The zero-order chi connectivity index (χ0) is 16.6. The summed E-state index contributed by atoms with van der Waals surface area (Å²) in [6, 6.07) is 14.7. The van der Waals surface area contributed by atoms with Gasteiger partial charge in [0.15, 0.2) is 0 Å². The fourth-order valence-corrected chi connectivity index (χ4v) is 3.06. The van der Waals surface area contributed by atoms with E-state index in [4.69, 9.17) is 10.5 Å². The van der Waals surface area contributed by atoms with Crippen LogP contribution in [0.2, 0.25) is 0 Å². The second kappa shape index (κ2) is 5.25. The van der Waals surface area contributed by atoms with E-state index < -0.39 is 17.2 Å². The number of esters is 1. The van der Waals surface area contributed by atoms with Crippen molar-refractivity contribution in [2.45, 2.75) is 5.41 Å². The first-order valence-electron chi connectivity index (χ1n) is 6.92. The average molecular weight is 308 g/mol. The number of nitrogens with two attached hydrogens (primary N) is 1. The van der Waals surface area contributed by atoms with Gasteiger partial charge in [-0.25, -0.2) is 9.18 Å². The highest BCUT2D eigenvalue weighted by Gasteiger charge is 2.50. The predicted octanol–water partition coefficient (Wildman–Crippen LogP) is 2.49. The standard InChI is InChI=1S/C18H13FN2O2/c1-23-17(22)15-16(21)13-4-2-3-5-14(13)18(15,10-20)11-6-8-12(19)9-7-11/h2-9H,21H2,1H3. The Morgan fingerprint density at radius 3 is 2.48 bits per heavy atom. The highest BCUT2D eigenvalue weighted by atomic mass is 19.1. The van der Waals surface area contributed by atoms with Crippen molar-refractivity contribution in [2.75, 3.05) is 7.11 Å². The van der Waals surface area contributed by atoms with E-state index in [-0.39, 0.29) is 11.3 Å². The molecule has 1 aliphatic carbocycles. The molecular weight excluding hydrogens is 295 g/mol. The van der Waals surface area contributed by atoms with Gasteiger partial charge < -0.3 is 10.5 Å². The van der Waals surface area contributed by atoms with E-state index in [1.54, 1.807) is 24.3 Å². The number of rotatable bonds is 2. The van der Waals surface area contributed by atoms with Crippen LogP contribution in [0.3, 0.4) is 0 Å². The van der Waals surface area contributed by atoms with Crippen molar-refractivity contribution in [3.8, 4) is 6.07 Å². The predicted molar refractivity (Wildman–Crippen MR) is 82.4 cm³/mol. The number of ether oxygens (including phenoxy) is 1. The molecule has 3 rings (SSSR count). The van der Waals surface area contributed by atoms with E-state index in [1.165, 1.54) is 31.4 Å². The van der Waals surface area contributed by atoms with Gasteiger partial charge in [0.2, 0.25) is 0 Å². The maximum Gasteiger partial charge on any atom is 0.338 e. The normalized spacial score (nSPS) is 19.2. The topological polar surface area (TPSA) is 76.1 Å². The van der Waals surface area contributed by atoms with Crippen molar-refractivity contribution in [3.05, 3.63) is 76.6 Å². The highest BCUT2D eigenvalue weighted by molar-refractivity contribution is 6.05. The molecule has 2 aromatic carbocycles. The summed E-state index contributed by atoms with van der Waals surface area (Å²) in [5, 5.41) is 9.98. The van der Waals surface area contributed by atoms with Crippen LogP contribution in [0.1, 0.15) is 16.7 Å². The number of nitriles is 1. The van der Waals surface area contributed by atoms with Gasteiger partial charge in [-0.15, -0.1) is 0 Å². The number of benzene rings is 2. The van der Waals surface area contributed by atoms with Crippen LogP contribution < -0.4 is 5.73 Å². The molecule has 0 spiro atoms. The third-order valence-electron chi connectivity index (χ3n) is 4.10. The second-order valence-electron chi connectivity index (χ2n) is 5.19. The lowest BCUT2D eigenvalue weighted by molar-refractivity contribution is -0.136. The highest BCUT2D eigenvalue weighted by Crippen LogP contribution is 2.49. The van der Waals surface area contributed by atoms with Gasteiger partial charge in [-0.05, 0) is 23.3 Å². The monoisotopic (exact) mass is 308 g/mol. The molecule has 1 unspecified atom stereocenters. The van der Waals surface area contributed by atoms with Gasteiger partial charge in [0.05, 0.1) is 24.4 Å². The van der Waals surface area contributed by atoms with Gasteiger partial charge >= 0.3 is 5.97 Å². The van der Waals surface area contributed by atoms with E-state index in [1.807, 2.05) is 0 Å². The number of carbonyl (C=O) groups is 1. The second-order valence-corrected chi connectivity index (χ2v) is 5.19. The molecular formula is C18H13FN2O2. The molecule has 0 heterocycles. The number of nitrogens with zero attached hydrogens (tertiary/aromatic N) is 1. The van der Waals surface area contributed by atoms with Crippen LogP contribution in [-0.4, -0.2) is 13.1 Å². The van der Waals surface area contributed by atoms with Crippen LogP contribution in [0.5, 0.6) is 0 Å². The molecule has 0 aromatic heterocycles. The van der Waals surface area contributed by atoms with Crippen LogP contribution in [0, 0.1) is 17.1 Å². The summed E-state index contributed by atoms with van der Waals surface area (Å²) in [6.45, 7) is 0. The molecule has 0 radical (unpaired) electrons. The van der Waals surface area contributed by atoms with Crippen molar-refractivity contribution in [3.63, 3.8) is 0 Å². The molecule has 0 bridgehead atoms. The molecule has 1 atom stereocenters. The SMILES string of the molecule is COC(=O)C1=C(N)c2ccccc2C1(C#N)c1ccc(F)cc1. The Labute approximate surface area is 132 Å². The van der Waals surface area contributed by atoms with Crippen LogP contribution in [0.15, 0.2) is 54.1 Å².